The van der Waals surface area contributed by atoms with Gasteiger partial charge in [-0.15, -0.1) is 0 Å². The summed E-state index contributed by atoms with van der Waals surface area (Å²) in [5.41, 5.74) is 2.33. The number of aromatic amines is 1. The molecule has 2 aromatic heterocycles. The monoisotopic (exact) mass is 263 g/mol. The Morgan fingerprint density at radius 2 is 2.17 bits per heavy atom. The highest BCUT2D eigenvalue weighted by molar-refractivity contribution is 7.71. The first kappa shape index (κ1) is 12.8. The van der Waals surface area contributed by atoms with Gasteiger partial charge in [0, 0.05) is 23.7 Å². The number of H-pyrrole nitrogens is 1. The van der Waals surface area contributed by atoms with Crippen LogP contribution in [0.4, 0.5) is 4.39 Å². The van der Waals surface area contributed by atoms with Crippen molar-refractivity contribution in [1.82, 2.24) is 15.0 Å². The van der Waals surface area contributed by atoms with Crippen LogP contribution < -0.4 is 0 Å². The molecule has 0 aliphatic heterocycles. The Balaban J connectivity index is 2.59. The number of nitrogens with one attached hydrogen (secondary N) is 1. The van der Waals surface area contributed by atoms with E-state index >= 15 is 0 Å². The molecule has 0 aliphatic carbocycles. The molecular formula is C13H14FN3S. The topological polar surface area (TPSA) is 41.6 Å². The van der Waals surface area contributed by atoms with Crippen LogP contribution >= 0.6 is 12.2 Å². The molecule has 0 aliphatic rings. The molecule has 1 N–H and O–H groups in total. The third-order valence-electron chi connectivity index (χ3n) is 2.68. The van der Waals surface area contributed by atoms with Crippen LogP contribution in [0.5, 0.6) is 0 Å². The molecule has 0 radical (unpaired) electrons. The lowest BCUT2D eigenvalue weighted by molar-refractivity contribution is 0.622. The van der Waals surface area contributed by atoms with Crippen molar-refractivity contribution in [2.45, 2.75) is 26.7 Å². The van der Waals surface area contributed by atoms with Gasteiger partial charge in [-0.3, -0.25) is 4.98 Å². The summed E-state index contributed by atoms with van der Waals surface area (Å²) in [5, 5.41) is 0. The molecule has 0 unspecified atom stereocenters. The lowest BCUT2D eigenvalue weighted by atomic mass is 10.1. The number of halogens is 1. The quantitative estimate of drug-likeness (QED) is 0.860. The highest BCUT2D eigenvalue weighted by atomic mass is 32.1. The van der Waals surface area contributed by atoms with Gasteiger partial charge in [0.05, 0.1) is 11.9 Å². The molecule has 2 heterocycles. The number of rotatable bonds is 3. The van der Waals surface area contributed by atoms with Crippen molar-refractivity contribution in [3.8, 4) is 11.3 Å². The van der Waals surface area contributed by atoms with Crippen molar-refractivity contribution < 1.29 is 4.39 Å². The number of nitrogens with zero attached hydrogens (tertiary/aromatic N) is 2. The number of aryl methyl sites for hydroxylation is 1. The summed E-state index contributed by atoms with van der Waals surface area (Å²) < 4.78 is 13.8. The summed E-state index contributed by atoms with van der Waals surface area (Å²) in [6, 6.07) is 1.44. The number of aromatic nitrogens is 3. The lowest BCUT2D eigenvalue weighted by Crippen LogP contribution is -2.00. The maximum Gasteiger partial charge on any atom is 0.142 e. The molecule has 0 bridgehead atoms. The summed E-state index contributed by atoms with van der Waals surface area (Å²) in [4.78, 5) is 11.4. The average molecular weight is 263 g/mol. The Kier molecular flexibility index (Phi) is 3.81. The minimum Gasteiger partial charge on any atom is -0.343 e. The first-order chi connectivity index (χ1) is 8.61. The normalized spacial score (nSPS) is 10.6. The van der Waals surface area contributed by atoms with Crippen LogP contribution in [0.3, 0.4) is 0 Å². The van der Waals surface area contributed by atoms with E-state index in [0.717, 1.165) is 29.9 Å². The summed E-state index contributed by atoms with van der Waals surface area (Å²) in [5.74, 6) is 0.465. The highest BCUT2D eigenvalue weighted by Gasteiger charge is 2.08. The second kappa shape index (κ2) is 5.35. The van der Waals surface area contributed by atoms with E-state index in [1.807, 2.05) is 6.92 Å². The molecule has 0 spiro atoms. The fourth-order valence-corrected chi connectivity index (χ4v) is 1.98. The van der Waals surface area contributed by atoms with Gasteiger partial charge in [0.25, 0.3) is 0 Å². The van der Waals surface area contributed by atoms with Gasteiger partial charge < -0.3 is 4.98 Å². The van der Waals surface area contributed by atoms with Crippen molar-refractivity contribution in [3.63, 3.8) is 0 Å². The van der Waals surface area contributed by atoms with Gasteiger partial charge in [-0.25, -0.2) is 9.37 Å². The molecule has 94 valence electrons. The smallest absolute Gasteiger partial charge is 0.142 e. The fourth-order valence-electron chi connectivity index (χ4n) is 1.77. The van der Waals surface area contributed by atoms with E-state index in [-0.39, 0.29) is 5.82 Å². The second-order valence-corrected chi connectivity index (χ2v) is 4.52. The Morgan fingerprint density at radius 3 is 2.83 bits per heavy atom. The molecule has 0 fully saturated rings. The van der Waals surface area contributed by atoms with Gasteiger partial charge in [0.1, 0.15) is 16.3 Å². The Morgan fingerprint density at radius 1 is 1.39 bits per heavy atom. The maximum atomic E-state index is 13.2. The number of hydrogen-bond acceptors (Lipinski definition) is 3. The van der Waals surface area contributed by atoms with Gasteiger partial charge in [-0.05, 0) is 19.4 Å². The van der Waals surface area contributed by atoms with Gasteiger partial charge in [-0.1, -0.05) is 19.1 Å². The Labute approximate surface area is 110 Å². The minimum atomic E-state index is -0.361. The van der Waals surface area contributed by atoms with E-state index < -0.39 is 0 Å². The lowest BCUT2D eigenvalue weighted by Gasteiger charge is -2.09. The fraction of sp³-hybridized carbons (Fsp3) is 0.308. The van der Waals surface area contributed by atoms with Crippen LogP contribution in [0.25, 0.3) is 11.3 Å². The molecule has 0 atom stereocenters. The molecule has 2 aromatic rings. The molecule has 5 heteroatoms. The molecule has 0 amide bonds. The third kappa shape index (κ3) is 2.61. The van der Waals surface area contributed by atoms with Crippen LogP contribution in [0.15, 0.2) is 18.5 Å². The van der Waals surface area contributed by atoms with Crippen LogP contribution in [-0.4, -0.2) is 15.0 Å². The summed E-state index contributed by atoms with van der Waals surface area (Å²) in [7, 11) is 0. The molecule has 0 aromatic carbocycles. The van der Waals surface area contributed by atoms with Gasteiger partial charge in [0.15, 0.2) is 0 Å². The van der Waals surface area contributed by atoms with Crippen LogP contribution in [-0.2, 0) is 6.42 Å². The molecular weight excluding hydrogens is 249 g/mol. The first-order valence-corrected chi connectivity index (χ1v) is 6.23. The van der Waals surface area contributed by atoms with E-state index in [2.05, 4.69) is 21.9 Å². The first-order valence-electron chi connectivity index (χ1n) is 5.82. The van der Waals surface area contributed by atoms with E-state index in [0.29, 0.717) is 10.2 Å². The van der Waals surface area contributed by atoms with Gasteiger partial charge in [-0.2, -0.15) is 0 Å². The van der Waals surface area contributed by atoms with Crippen molar-refractivity contribution in [1.29, 1.82) is 0 Å². The number of hydrogen-bond donors (Lipinski definition) is 1. The van der Waals surface area contributed by atoms with Crippen molar-refractivity contribution in [2.24, 2.45) is 0 Å². The molecule has 0 saturated carbocycles. The molecule has 0 saturated heterocycles. The molecule has 3 nitrogen and oxygen atoms in total. The summed E-state index contributed by atoms with van der Waals surface area (Å²) in [6.45, 7) is 3.95. The van der Waals surface area contributed by atoms with Crippen LogP contribution in [0.2, 0.25) is 0 Å². The zero-order valence-electron chi connectivity index (χ0n) is 10.3. The summed E-state index contributed by atoms with van der Waals surface area (Å²) in [6.07, 6.45) is 4.59. The van der Waals surface area contributed by atoms with Gasteiger partial charge in [0.2, 0.25) is 0 Å². The zero-order chi connectivity index (χ0) is 13.1. The molecule has 18 heavy (non-hydrogen) atoms. The SMILES string of the molecule is CCCc1nc(=S)c(C)c(-c2cncc(F)c2)[nH]1. The summed E-state index contributed by atoms with van der Waals surface area (Å²) >= 11 is 5.23. The minimum absolute atomic E-state index is 0.361. The standard InChI is InChI=1S/C13H14FN3S/c1-3-4-11-16-12(8(2)13(18)17-11)9-5-10(14)7-15-6-9/h5-7H,3-4H2,1-2H3,(H,16,17,18). The highest BCUT2D eigenvalue weighted by Crippen LogP contribution is 2.21. The number of pyridine rings is 1. The van der Waals surface area contributed by atoms with E-state index in [1.54, 1.807) is 6.20 Å². The van der Waals surface area contributed by atoms with E-state index in [9.17, 15) is 4.39 Å². The zero-order valence-corrected chi connectivity index (χ0v) is 11.1. The van der Waals surface area contributed by atoms with Crippen LogP contribution in [0, 0.1) is 17.4 Å². The van der Waals surface area contributed by atoms with Crippen molar-refractivity contribution >= 4 is 12.2 Å². The van der Waals surface area contributed by atoms with Crippen molar-refractivity contribution in [3.05, 3.63) is 40.3 Å². The largest absolute Gasteiger partial charge is 0.343 e. The second-order valence-electron chi connectivity index (χ2n) is 4.13. The predicted octanol–water partition coefficient (Wildman–Crippen LogP) is 3.60. The van der Waals surface area contributed by atoms with E-state index in [4.69, 9.17) is 12.2 Å². The third-order valence-corrected chi connectivity index (χ3v) is 3.08. The van der Waals surface area contributed by atoms with Crippen LogP contribution in [0.1, 0.15) is 24.7 Å². The maximum absolute atomic E-state index is 13.2. The van der Waals surface area contributed by atoms with Gasteiger partial charge >= 0.3 is 0 Å². The molecule has 2 rings (SSSR count). The van der Waals surface area contributed by atoms with E-state index in [1.165, 1.54) is 12.3 Å². The Bertz CT molecular complexity index is 622. The predicted molar refractivity (Wildman–Crippen MR) is 71.3 cm³/mol. The average Bonchev–Trinajstić information content (AvgIpc) is 2.34. The Hall–Kier alpha value is -1.62. The van der Waals surface area contributed by atoms with Crippen molar-refractivity contribution in [2.75, 3.05) is 0 Å².